The number of Topliss-reactive ketones (excluding diaryl/α,β-unsaturated/α-hetero) is 2. The van der Waals surface area contributed by atoms with Gasteiger partial charge in [-0.2, -0.15) is 44.8 Å². The molecule has 0 spiro atoms. The first kappa shape index (κ1) is 46.9. The number of hydrogen-bond donors (Lipinski definition) is 0. The molecule has 0 radical (unpaired) electrons. The van der Waals surface area contributed by atoms with Gasteiger partial charge in [0.2, 0.25) is 0 Å². The fourth-order valence-electron chi connectivity index (χ4n) is 6.39. The molecule has 0 aliphatic heterocycles. The summed E-state index contributed by atoms with van der Waals surface area (Å²) in [4.78, 5) is 36.0. The third-order valence-corrected chi connectivity index (χ3v) is 13.6. The predicted molar refractivity (Wildman–Crippen MR) is 242 cm³/mol. The molecule has 0 saturated carbocycles. The minimum atomic E-state index is -5.31. The first-order valence-electron chi connectivity index (χ1n) is 18.4. The Balaban J connectivity index is 1.28. The molecule has 0 aliphatic rings. The summed E-state index contributed by atoms with van der Waals surface area (Å²) in [5.41, 5.74) is -0.620. The van der Waals surface area contributed by atoms with Gasteiger partial charge in [-0.05, 0) is 97.1 Å². The molecule has 336 valence electrons. The van der Waals surface area contributed by atoms with Crippen LogP contribution < -0.4 is 9.47 Å². The van der Waals surface area contributed by atoms with Gasteiger partial charge in [0.15, 0.2) is 0 Å². The van der Waals surface area contributed by atoms with Gasteiger partial charge >= 0.3 is 32.1 Å². The van der Waals surface area contributed by atoms with E-state index in [1.54, 1.807) is 0 Å². The average molecular weight is 1050 g/mol. The summed E-state index contributed by atoms with van der Waals surface area (Å²) in [6, 6.07) is 25.6. The molecule has 0 amide bonds. The van der Waals surface area contributed by atoms with E-state index in [4.69, 9.17) is 87.4 Å². The van der Waals surface area contributed by atoms with Gasteiger partial charge in [0, 0.05) is 42.0 Å². The summed E-state index contributed by atoms with van der Waals surface area (Å²) >= 11 is 37.5. The van der Waals surface area contributed by atoms with Gasteiger partial charge in [-0.15, -0.1) is 0 Å². The molecule has 0 fully saturated rings. The number of ether oxygens (including phenoxy) is 2. The van der Waals surface area contributed by atoms with E-state index in [0.717, 1.165) is 37.4 Å². The Bertz CT molecular complexity index is 3150. The molecule has 24 heteroatoms. The van der Waals surface area contributed by atoms with Crippen LogP contribution in [0.25, 0.3) is 10.8 Å². The lowest BCUT2D eigenvalue weighted by molar-refractivity contribution is -0.145. The van der Waals surface area contributed by atoms with E-state index in [1.165, 1.54) is 109 Å². The quantitative estimate of drug-likeness (QED) is 0.0503. The molecule has 8 rings (SSSR count). The van der Waals surface area contributed by atoms with Crippen LogP contribution >= 0.6 is 69.6 Å². The second-order valence-electron chi connectivity index (χ2n) is 13.5. The maximum absolute atomic E-state index is 14.9. The highest BCUT2D eigenvalue weighted by atomic mass is 35.5. The average Bonchev–Trinajstić information content (AvgIpc) is 4.04. The van der Waals surface area contributed by atoms with Gasteiger partial charge < -0.3 is 9.47 Å². The van der Waals surface area contributed by atoms with Crippen LogP contribution in [0.3, 0.4) is 0 Å². The maximum atomic E-state index is 14.9. The van der Waals surface area contributed by atoms with Crippen LogP contribution in [0.4, 0.5) is 0 Å². The number of benzene rings is 6. The van der Waals surface area contributed by atoms with Crippen molar-refractivity contribution in [2.75, 3.05) is 0 Å². The second kappa shape index (κ2) is 18.6. The Labute approximate surface area is 404 Å². The third-order valence-electron chi connectivity index (χ3n) is 9.33. The van der Waals surface area contributed by atoms with Crippen LogP contribution in [-0.4, -0.2) is 57.9 Å². The van der Waals surface area contributed by atoms with Crippen molar-refractivity contribution in [1.29, 1.82) is 0 Å². The van der Waals surface area contributed by atoms with E-state index in [-0.39, 0.29) is 63.5 Å². The van der Waals surface area contributed by atoms with Gasteiger partial charge in [-0.3, -0.25) is 9.59 Å². The molecule has 0 bridgehead atoms. The number of nitrogens with zero attached hydrogens (tertiary/aromatic N) is 6. The van der Waals surface area contributed by atoms with Crippen molar-refractivity contribution in [3.63, 3.8) is 0 Å². The molecule has 0 aliphatic carbocycles. The van der Waals surface area contributed by atoms with Crippen molar-refractivity contribution in [1.82, 2.24) is 29.5 Å². The number of carbonyl (C=O) groups is 2. The monoisotopic (exact) mass is 1050 g/mol. The normalized spacial score (nSPS) is 13.7. The Morgan fingerprint density at radius 2 is 0.848 bits per heavy atom. The summed E-state index contributed by atoms with van der Waals surface area (Å²) < 4.78 is 84.9. The molecule has 0 N–H and O–H groups in total. The molecular formula is C42H24Cl6N6O10S2. The Morgan fingerprint density at radius 3 is 1.18 bits per heavy atom. The van der Waals surface area contributed by atoms with E-state index in [2.05, 4.69) is 20.2 Å². The summed E-state index contributed by atoms with van der Waals surface area (Å²) in [6.45, 7) is 0. The number of aromatic nitrogens is 6. The van der Waals surface area contributed by atoms with Gasteiger partial charge in [0.25, 0.3) is 11.6 Å². The van der Waals surface area contributed by atoms with E-state index < -0.39 is 53.4 Å². The number of halogens is 6. The second-order valence-corrected chi connectivity index (χ2v) is 19.1. The fourth-order valence-corrected chi connectivity index (χ4v) is 10.2. The van der Waals surface area contributed by atoms with Crippen molar-refractivity contribution in [2.24, 2.45) is 0 Å². The van der Waals surface area contributed by atoms with Crippen LogP contribution in [0.1, 0.15) is 20.7 Å². The lowest BCUT2D eigenvalue weighted by Crippen LogP contribution is -2.51. The van der Waals surface area contributed by atoms with Crippen LogP contribution in [0.15, 0.2) is 156 Å². The first-order valence-corrected chi connectivity index (χ1v) is 23.5. The van der Waals surface area contributed by atoms with Crippen molar-refractivity contribution >= 4 is 112 Å². The molecule has 66 heavy (non-hydrogen) atoms. The third kappa shape index (κ3) is 9.21. The standard InChI is InChI=1S/C42H24Cl6N6O10S2/c43-25-7-13-29(14-8-25)61-41(53-23-49-21-51-53,39(55)33-17-11-27(45)19-35(33)47)63-65(57,58)37-5-1-3-31-32(37)4-2-6-38(31)66(59,60)64-42(54-24-50-22-52-54,62-30-15-9-26(44)10-16-30)40(56)34-18-12-28(46)20-36(34)48/h1-24H. The number of ketones is 2. The minimum absolute atomic E-state index is 0.127. The lowest BCUT2D eigenvalue weighted by Gasteiger charge is -2.32. The summed E-state index contributed by atoms with van der Waals surface area (Å²) in [5.74, 6) is -8.79. The van der Waals surface area contributed by atoms with Crippen molar-refractivity contribution in [3.8, 4) is 11.5 Å². The number of carbonyl (C=O) groups excluding carboxylic acids is 2. The fraction of sp³-hybridized carbons (Fsp3) is 0.0476. The van der Waals surface area contributed by atoms with Crippen LogP contribution in [-0.2, 0) is 40.4 Å². The zero-order valence-electron chi connectivity index (χ0n) is 32.7. The smallest absolute Gasteiger partial charge is 0.398 e. The van der Waals surface area contributed by atoms with E-state index in [9.17, 15) is 26.4 Å². The predicted octanol–water partition coefficient (Wildman–Crippen LogP) is 9.90. The molecule has 16 nitrogen and oxygen atoms in total. The summed E-state index contributed by atoms with van der Waals surface area (Å²) in [6.07, 6.45) is 3.90. The highest BCUT2D eigenvalue weighted by Crippen LogP contribution is 2.40. The lowest BCUT2D eigenvalue weighted by atomic mass is 10.1. The molecule has 2 heterocycles. The van der Waals surface area contributed by atoms with Crippen LogP contribution in [0.5, 0.6) is 11.5 Å². The molecule has 0 saturated heterocycles. The van der Waals surface area contributed by atoms with Crippen molar-refractivity contribution in [2.45, 2.75) is 21.6 Å². The maximum Gasteiger partial charge on any atom is 0.398 e. The number of hydrogen-bond acceptors (Lipinski definition) is 14. The Morgan fingerprint density at radius 1 is 0.485 bits per heavy atom. The number of fused-ring (bicyclic) bond motifs is 1. The van der Waals surface area contributed by atoms with Gasteiger partial charge in [0.1, 0.15) is 46.6 Å². The van der Waals surface area contributed by atoms with E-state index in [0.29, 0.717) is 9.36 Å². The van der Waals surface area contributed by atoms with Crippen molar-refractivity contribution in [3.05, 3.63) is 188 Å². The number of rotatable bonds is 16. The van der Waals surface area contributed by atoms with Gasteiger partial charge in [0.05, 0.1) is 10.0 Å². The molecule has 6 aromatic carbocycles. The minimum Gasteiger partial charge on any atom is -0.436 e. The first-order chi connectivity index (χ1) is 31.4. The topological polar surface area (TPSA) is 201 Å². The largest absolute Gasteiger partial charge is 0.436 e. The summed E-state index contributed by atoms with van der Waals surface area (Å²) in [7, 11) is -10.6. The molecular weight excluding hydrogens is 1030 g/mol. The molecule has 8 aromatic rings. The molecule has 2 aromatic heterocycles. The molecule has 2 unspecified atom stereocenters. The Kier molecular flexibility index (Phi) is 13.2. The van der Waals surface area contributed by atoms with Gasteiger partial charge in [-0.25, -0.2) is 9.97 Å². The zero-order valence-corrected chi connectivity index (χ0v) is 38.9. The molecule has 2 atom stereocenters. The van der Waals surface area contributed by atoms with Crippen LogP contribution in [0, 0.1) is 0 Å². The summed E-state index contributed by atoms with van der Waals surface area (Å²) in [5, 5.41) is 7.90. The van der Waals surface area contributed by atoms with E-state index >= 15 is 0 Å². The SMILES string of the molecule is O=C(c1ccc(Cl)cc1Cl)C(Oc1ccc(Cl)cc1)(OS(=O)(=O)c1cccc2c(S(=O)(=O)OC(Oc3ccc(Cl)cc3)(C(=O)c3ccc(Cl)cc3Cl)n3cncn3)cccc12)n1cncn1. The van der Waals surface area contributed by atoms with E-state index in [1.807, 2.05) is 0 Å². The van der Waals surface area contributed by atoms with Crippen LogP contribution in [0.2, 0.25) is 30.1 Å². The van der Waals surface area contributed by atoms with Gasteiger partial charge in [-0.1, -0.05) is 93.9 Å². The van der Waals surface area contributed by atoms with Crippen molar-refractivity contribution < 1.29 is 44.3 Å². The Hall–Kier alpha value is -5.64. The highest BCUT2D eigenvalue weighted by molar-refractivity contribution is 7.87. The zero-order chi connectivity index (χ0) is 47.0. The highest BCUT2D eigenvalue weighted by Gasteiger charge is 2.54.